The fourth-order valence-corrected chi connectivity index (χ4v) is 1.57. The van der Waals surface area contributed by atoms with Crippen LogP contribution in [0.25, 0.3) is 0 Å². The van der Waals surface area contributed by atoms with Gasteiger partial charge >= 0.3 is 6.03 Å². The second-order valence-corrected chi connectivity index (χ2v) is 4.75. The molecule has 0 aromatic heterocycles. The minimum Gasteiger partial charge on any atom is -0.495 e. The Bertz CT molecular complexity index is 435. The maximum Gasteiger partial charge on any atom is 0.319 e. The summed E-state index contributed by atoms with van der Waals surface area (Å²) in [6.45, 7) is 5.72. The maximum atomic E-state index is 11.8. The van der Waals surface area contributed by atoms with E-state index in [2.05, 4.69) is 10.6 Å². The Labute approximate surface area is 114 Å². The van der Waals surface area contributed by atoms with E-state index in [0.717, 1.165) is 5.56 Å². The highest BCUT2D eigenvalue weighted by molar-refractivity contribution is 5.91. The third-order valence-electron chi connectivity index (χ3n) is 3.11. The van der Waals surface area contributed by atoms with E-state index in [0.29, 0.717) is 11.4 Å². The largest absolute Gasteiger partial charge is 0.495 e. The van der Waals surface area contributed by atoms with Crippen LogP contribution in [0.5, 0.6) is 5.75 Å². The zero-order chi connectivity index (χ0) is 14.4. The van der Waals surface area contributed by atoms with Crippen LogP contribution in [-0.2, 0) is 0 Å². The Kier molecular flexibility index (Phi) is 5.63. The lowest BCUT2D eigenvalue weighted by Crippen LogP contribution is -2.40. The molecule has 5 nitrogen and oxygen atoms in total. The van der Waals surface area contributed by atoms with Crippen molar-refractivity contribution in [3.8, 4) is 5.75 Å². The summed E-state index contributed by atoms with van der Waals surface area (Å²) in [7, 11) is 1.56. The summed E-state index contributed by atoms with van der Waals surface area (Å²) in [6.07, 6.45) is 0. The van der Waals surface area contributed by atoms with Crippen molar-refractivity contribution in [3.63, 3.8) is 0 Å². The standard InChI is InChI=1S/C14H22N2O3/c1-9-5-6-12(13(7-9)19-4)16-14(18)15-11(3)10(2)8-17/h5-7,10-11,17H,8H2,1-4H3,(H2,15,16,18). The molecule has 1 aromatic carbocycles. The Morgan fingerprint density at radius 1 is 1.42 bits per heavy atom. The van der Waals surface area contributed by atoms with Crippen LogP contribution in [0.1, 0.15) is 19.4 Å². The molecule has 0 radical (unpaired) electrons. The molecule has 0 heterocycles. The smallest absolute Gasteiger partial charge is 0.319 e. The van der Waals surface area contributed by atoms with Crippen molar-refractivity contribution in [2.24, 2.45) is 5.92 Å². The molecule has 106 valence electrons. The third kappa shape index (κ3) is 4.44. The zero-order valence-electron chi connectivity index (χ0n) is 11.9. The van der Waals surface area contributed by atoms with Gasteiger partial charge in [0.25, 0.3) is 0 Å². The van der Waals surface area contributed by atoms with E-state index >= 15 is 0 Å². The van der Waals surface area contributed by atoms with Gasteiger partial charge in [-0.2, -0.15) is 0 Å². The van der Waals surface area contributed by atoms with E-state index in [1.807, 2.05) is 32.9 Å². The van der Waals surface area contributed by atoms with Crippen LogP contribution < -0.4 is 15.4 Å². The van der Waals surface area contributed by atoms with Crippen LogP contribution in [0.3, 0.4) is 0 Å². The highest BCUT2D eigenvalue weighted by Crippen LogP contribution is 2.25. The summed E-state index contributed by atoms with van der Waals surface area (Å²) in [5.41, 5.74) is 1.68. The number of nitrogens with one attached hydrogen (secondary N) is 2. The number of carbonyl (C=O) groups excluding carboxylic acids is 1. The Hall–Kier alpha value is -1.75. The van der Waals surface area contributed by atoms with Gasteiger partial charge in [0.05, 0.1) is 12.8 Å². The predicted molar refractivity (Wildman–Crippen MR) is 75.6 cm³/mol. The number of amides is 2. The van der Waals surface area contributed by atoms with Gasteiger partial charge in [-0.05, 0) is 37.5 Å². The number of rotatable bonds is 5. The van der Waals surface area contributed by atoms with Gasteiger partial charge in [-0.25, -0.2) is 4.79 Å². The molecule has 0 aliphatic carbocycles. The van der Waals surface area contributed by atoms with Crippen LogP contribution in [0.4, 0.5) is 10.5 Å². The Morgan fingerprint density at radius 3 is 2.68 bits per heavy atom. The van der Waals surface area contributed by atoms with E-state index < -0.39 is 0 Å². The summed E-state index contributed by atoms with van der Waals surface area (Å²) in [5, 5.41) is 14.6. The summed E-state index contributed by atoms with van der Waals surface area (Å²) in [4.78, 5) is 11.8. The lowest BCUT2D eigenvalue weighted by atomic mass is 10.1. The normalized spacial score (nSPS) is 13.5. The number of benzene rings is 1. The van der Waals surface area contributed by atoms with E-state index in [-0.39, 0.29) is 24.6 Å². The fourth-order valence-electron chi connectivity index (χ4n) is 1.57. The first-order chi connectivity index (χ1) is 8.97. The first kappa shape index (κ1) is 15.3. The monoisotopic (exact) mass is 266 g/mol. The number of aliphatic hydroxyl groups is 1. The van der Waals surface area contributed by atoms with Crippen LogP contribution in [0.15, 0.2) is 18.2 Å². The van der Waals surface area contributed by atoms with Gasteiger partial charge in [0.1, 0.15) is 5.75 Å². The number of urea groups is 1. The molecule has 0 aliphatic rings. The average Bonchev–Trinajstić information content (AvgIpc) is 2.39. The fraction of sp³-hybridized carbons (Fsp3) is 0.500. The van der Waals surface area contributed by atoms with Crippen LogP contribution >= 0.6 is 0 Å². The van der Waals surface area contributed by atoms with E-state index in [1.165, 1.54) is 0 Å². The molecule has 5 heteroatoms. The van der Waals surface area contributed by atoms with Gasteiger partial charge in [0, 0.05) is 12.6 Å². The molecular weight excluding hydrogens is 244 g/mol. The Balaban J connectivity index is 2.67. The molecule has 0 saturated carbocycles. The molecule has 2 atom stereocenters. The Morgan fingerprint density at radius 2 is 2.11 bits per heavy atom. The number of methoxy groups -OCH3 is 1. The van der Waals surface area contributed by atoms with Crippen molar-refractivity contribution in [1.29, 1.82) is 0 Å². The van der Waals surface area contributed by atoms with Gasteiger partial charge < -0.3 is 20.5 Å². The summed E-state index contributed by atoms with van der Waals surface area (Å²) >= 11 is 0. The van der Waals surface area contributed by atoms with E-state index in [9.17, 15) is 4.79 Å². The van der Waals surface area contributed by atoms with Crippen molar-refractivity contribution in [2.45, 2.75) is 26.8 Å². The second-order valence-electron chi connectivity index (χ2n) is 4.75. The molecule has 2 unspecified atom stereocenters. The second kappa shape index (κ2) is 6.99. The highest BCUT2D eigenvalue weighted by Gasteiger charge is 2.14. The average molecular weight is 266 g/mol. The topological polar surface area (TPSA) is 70.6 Å². The summed E-state index contributed by atoms with van der Waals surface area (Å²) in [5.74, 6) is 0.628. The van der Waals surface area contributed by atoms with Crippen molar-refractivity contribution in [3.05, 3.63) is 23.8 Å². The van der Waals surface area contributed by atoms with Gasteiger partial charge in [-0.15, -0.1) is 0 Å². The van der Waals surface area contributed by atoms with Crippen molar-refractivity contribution in [1.82, 2.24) is 5.32 Å². The number of aryl methyl sites for hydroxylation is 1. The van der Waals surface area contributed by atoms with Gasteiger partial charge in [-0.3, -0.25) is 0 Å². The summed E-state index contributed by atoms with van der Waals surface area (Å²) < 4.78 is 5.22. The molecule has 1 aromatic rings. The van der Waals surface area contributed by atoms with E-state index in [4.69, 9.17) is 9.84 Å². The highest BCUT2D eigenvalue weighted by atomic mass is 16.5. The molecule has 0 bridgehead atoms. The number of carbonyl (C=O) groups is 1. The van der Waals surface area contributed by atoms with Gasteiger partial charge in [0.15, 0.2) is 0 Å². The minimum atomic E-state index is -0.310. The quantitative estimate of drug-likeness (QED) is 0.764. The molecule has 2 amide bonds. The lowest BCUT2D eigenvalue weighted by molar-refractivity contribution is 0.204. The summed E-state index contributed by atoms with van der Waals surface area (Å²) in [6, 6.07) is 5.14. The number of anilines is 1. The molecule has 1 rings (SSSR count). The number of aliphatic hydroxyl groups excluding tert-OH is 1. The van der Waals surface area contributed by atoms with Gasteiger partial charge in [0.2, 0.25) is 0 Å². The van der Waals surface area contributed by atoms with Crippen LogP contribution in [0, 0.1) is 12.8 Å². The van der Waals surface area contributed by atoms with Crippen molar-refractivity contribution in [2.75, 3.05) is 19.0 Å². The molecule has 19 heavy (non-hydrogen) atoms. The van der Waals surface area contributed by atoms with Crippen molar-refractivity contribution >= 4 is 11.7 Å². The number of hydrogen-bond donors (Lipinski definition) is 3. The molecule has 0 fully saturated rings. The van der Waals surface area contributed by atoms with Crippen LogP contribution in [-0.4, -0.2) is 30.9 Å². The molecule has 0 spiro atoms. The minimum absolute atomic E-state index is 0.00524. The molecular formula is C14H22N2O3. The number of ether oxygens (including phenoxy) is 1. The SMILES string of the molecule is COc1cc(C)ccc1NC(=O)NC(C)C(C)CO. The van der Waals surface area contributed by atoms with Crippen LogP contribution in [0.2, 0.25) is 0 Å². The van der Waals surface area contributed by atoms with E-state index in [1.54, 1.807) is 13.2 Å². The third-order valence-corrected chi connectivity index (χ3v) is 3.11. The molecule has 0 aliphatic heterocycles. The first-order valence-electron chi connectivity index (χ1n) is 6.31. The molecule has 0 saturated heterocycles. The lowest BCUT2D eigenvalue weighted by Gasteiger charge is -2.20. The zero-order valence-corrected chi connectivity index (χ0v) is 11.9. The number of hydrogen-bond acceptors (Lipinski definition) is 3. The van der Waals surface area contributed by atoms with Gasteiger partial charge in [-0.1, -0.05) is 13.0 Å². The molecule has 3 N–H and O–H groups in total. The maximum absolute atomic E-state index is 11.8. The first-order valence-corrected chi connectivity index (χ1v) is 6.31. The predicted octanol–water partition coefficient (Wildman–Crippen LogP) is 2.14. The van der Waals surface area contributed by atoms with Crippen molar-refractivity contribution < 1.29 is 14.6 Å².